The number of amides is 1. The summed E-state index contributed by atoms with van der Waals surface area (Å²) in [6.45, 7) is 0. The Labute approximate surface area is 69.3 Å². The van der Waals surface area contributed by atoms with Crippen LogP contribution in [0, 0.1) is 0 Å². The van der Waals surface area contributed by atoms with Gasteiger partial charge in [-0.3, -0.25) is 4.79 Å². The third-order valence-corrected chi connectivity index (χ3v) is 1.91. The van der Waals surface area contributed by atoms with Gasteiger partial charge in [0.15, 0.2) is 5.69 Å². The van der Waals surface area contributed by atoms with Crippen LogP contribution in [-0.4, -0.2) is 15.7 Å². The summed E-state index contributed by atoms with van der Waals surface area (Å²) < 4.78 is 1.67. The Morgan fingerprint density at radius 3 is 2.75 bits per heavy atom. The van der Waals surface area contributed by atoms with Crippen LogP contribution in [0.1, 0.15) is 29.4 Å². The van der Waals surface area contributed by atoms with Gasteiger partial charge in [0.05, 0.1) is 6.04 Å². The van der Waals surface area contributed by atoms with Crippen molar-refractivity contribution in [1.29, 1.82) is 0 Å². The van der Waals surface area contributed by atoms with Crippen LogP contribution in [0.3, 0.4) is 0 Å². The van der Waals surface area contributed by atoms with Crippen molar-refractivity contribution >= 4 is 11.7 Å². The van der Waals surface area contributed by atoms with Gasteiger partial charge in [-0.15, -0.1) is 0 Å². The molecule has 0 atom stereocenters. The number of primary amides is 1. The number of rotatable bonds is 2. The molecule has 0 unspecified atom stereocenters. The highest BCUT2D eigenvalue weighted by molar-refractivity contribution is 5.91. The summed E-state index contributed by atoms with van der Waals surface area (Å²) in [5.74, 6) is -0.00704. The fourth-order valence-corrected chi connectivity index (χ4v) is 1.14. The van der Waals surface area contributed by atoms with Crippen LogP contribution in [0.25, 0.3) is 0 Å². The second-order valence-electron chi connectivity index (χ2n) is 2.99. The van der Waals surface area contributed by atoms with E-state index in [0.29, 0.717) is 11.9 Å². The Bertz CT molecular complexity index is 326. The fraction of sp³-hybridized carbons (Fsp3) is 0.429. The van der Waals surface area contributed by atoms with Gasteiger partial charge in [0, 0.05) is 6.07 Å². The van der Waals surface area contributed by atoms with Crippen molar-refractivity contribution in [3.8, 4) is 0 Å². The molecule has 1 amide bonds. The molecule has 1 saturated carbocycles. The van der Waals surface area contributed by atoms with Gasteiger partial charge in [0.25, 0.3) is 5.91 Å². The molecule has 0 bridgehead atoms. The van der Waals surface area contributed by atoms with Crippen LogP contribution < -0.4 is 11.5 Å². The van der Waals surface area contributed by atoms with Crippen molar-refractivity contribution < 1.29 is 4.79 Å². The maximum Gasteiger partial charge on any atom is 0.269 e. The zero-order valence-corrected chi connectivity index (χ0v) is 6.53. The van der Waals surface area contributed by atoms with E-state index < -0.39 is 5.91 Å². The molecule has 1 aliphatic rings. The molecule has 1 aromatic rings. The number of hydrogen-bond donors (Lipinski definition) is 2. The standard InChI is InChI=1S/C7H10N4O/c8-6-3-5(7(9)12)10-11(6)4-1-2-4/h3-4H,1-2,8H2,(H2,9,12). The van der Waals surface area contributed by atoms with Crippen LogP contribution in [0.15, 0.2) is 6.07 Å². The van der Waals surface area contributed by atoms with Gasteiger partial charge in [-0.05, 0) is 12.8 Å². The minimum absolute atomic E-state index is 0.249. The number of aromatic nitrogens is 2. The summed E-state index contributed by atoms with van der Waals surface area (Å²) in [5.41, 5.74) is 10.9. The zero-order valence-electron chi connectivity index (χ0n) is 6.53. The minimum atomic E-state index is -0.527. The largest absolute Gasteiger partial charge is 0.384 e. The van der Waals surface area contributed by atoms with Crippen molar-refractivity contribution in [3.05, 3.63) is 11.8 Å². The smallest absolute Gasteiger partial charge is 0.269 e. The maximum atomic E-state index is 10.7. The lowest BCUT2D eigenvalue weighted by atomic mass is 10.4. The highest BCUT2D eigenvalue weighted by atomic mass is 16.1. The third-order valence-electron chi connectivity index (χ3n) is 1.91. The summed E-state index contributed by atoms with van der Waals surface area (Å²) >= 11 is 0. The third kappa shape index (κ3) is 1.03. The summed E-state index contributed by atoms with van der Waals surface area (Å²) in [6, 6.07) is 1.90. The van der Waals surface area contributed by atoms with Gasteiger partial charge >= 0.3 is 0 Å². The molecule has 0 radical (unpaired) electrons. The Hall–Kier alpha value is -1.52. The Morgan fingerprint density at radius 1 is 1.67 bits per heavy atom. The molecule has 12 heavy (non-hydrogen) atoms. The summed E-state index contributed by atoms with van der Waals surface area (Å²) in [5, 5.41) is 3.99. The number of carbonyl (C=O) groups excluding carboxylic acids is 1. The Balaban J connectivity index is 2.36. The fourth-order valence-electron chi connectivity index (χ4n) is 1.14. The molecule has 0 saturated heterocycles. The number of hydrogen-bond acceptors (Lipinski definition) is 3. The van der Waals surface area contributed by atoms with Crippen LogP contribution >= 0.6 is 0 Å². The van der Waals surface area contributed by atoms with Gasteiger partial charge in [0.2, 0.25) is 0 Å². The average molecular weight is 166 g/mol. The SMILES string of the molecule is NC(=O)c1cc(N)n(C2CC2)n1. The number of carbonyl (C=O) groups is 1. The van der Waals surface area contributed by atoms with Crippen molar-refractivity contribution in [1.82, 2.24) is 9.78 Å². The molecule has 5 heteroatoms. The molecule has 0 aromatic carbocycles. The zero-order chi connectivity index (χ0) is 8.72. The summed E-state index contributed by atoms with van der Waals surface area (Å²) in [4.78, 5) is 10.7. The van der Waals surface area contributed by atoms with Crippen LogP contribution in [0.4, 0.5) is 5.82 Å². The van der Waals surface area contributed by atoms with Gasteiger partial charge in [-0.1, -0.05) is 0 Å². The van der Waals surface area contributed by atoms with Crippen LogP contribution in [0.5, 0.6) is 0 Å². The van der Waals surface area contributed by atoms with Gasteiger partial charge < -0.3 is 11.5 Å². The molecule has 2 rings (SSSR count). The molecule has 4 N–H and O–H groups in total. The normalized spacial score (nSPS) is 16.3. The molecular weight excluding hydrogens is 156 g/mol. The molecule has 5 nitrogen and oxygen atoms in total. The van der Waals surface area contributed by atoms with Crippen molar-refractivity contribution in [2.75, 3.05) is 5.73 Å². The second-order valence-corrected chi connectivity index (χ2v) is 2.99. The monoisotopic (exact) mass is 166 g/mol. The molecule has 1 aliphatic carbocycles. The Morgan fingerprint density at radius 2 is 2.33 bits per heavy atom. The number of anilines is 1. The quantitative estimate of drug-likeness (QED) is 0.643. The van der Waals surface area contributed by atoms with Crippen molar-refractivity contribution in [2.45, 2.75) is 18.9 Å². The lowest BCUT2D eigenvalue weighted by Crippen LogP contribution is -2.12. The van der Waals surface area contributed by atoms with Crippen molar-refractivity contribution in [3.63, 3.8) is 0 Å². The molecule has 1 heterocycles. The molecule has 1 fully saturated rings. The highest BCUT2D eigenvalue weighted by Gasteiger charge is 2.27. The predicted octanol–water partition coefficient (Wildman–Crippen LogP) is -0.101. The number of nitrogen functional groups attached to an aromatic ring is 1. The average Bonchev–Trinajstić information content (AvgIpc) is 2.75. The molecule has 0 spiro atoms. The van der Waals surface area contributed by atoms with E-state index in [-0.39, 0.29) is 5.69 Å². The lowest BCUT2D eigenvalue weighted by Gasteiger charge is -1.97. The Kier molecular flexibility index (Phi) is 1.33. The van der Waals surface area contributed by atoms with E-state index in [0.717, 1.165) is 12.8 Å². The van der Waals surface area contributed by atoms with E-state index in [2.05, 4.69) is 5.10 Å². The summed E-state index contributed by atoms with van der Waals surface area (Å²) in [6.07, 6.45) is 2.17. The van der Waals surface area contributed by atoms with Gasteiger partial charge in [0.1, 0.15) is 5.82 Å². The van der Waals surface area contributed by atoms with Gasteiger partial charge in [-0.2, -0.15) is 5.10 Å². The second kappa shape index (κ2) is 2.23. The first kappa shape index (κ1) is 7.15. The predicted molar refractivity (Wildman–Crippen MR) is 43.4 cm³/mol. The van der Waals surface area contributed by atoms with E-state index in [4.69, 9.17) is 11.5 Å². The minimum Gasteiger partial charge on any atom is -0.384 e. The molecular formula is C7H10N4O. The van der Waals surface area contributed by atoms with E-state index in [1.807, 2.05) is 0 Å². The first-order valence-electron chi connectivity index (χ1n) is 3.83. The highest BCUT2D eigenvalue weighted by Crippen LogP contribution is 2.36. The van der Waals surface area contributed by atoms with Crippen molar-refractivity contribution in [2.24, 2.45) is 5.73 Å². The lowest BCUT2D eigenvalue weighted by molar-refractivity contribution is 0.0995. The first-order chi connectivity index (χ1) is 5.68. The first-order valence-corrected chi connectivity index (χ1v) is 3.83. The van der Waals surface area contributed by atoms with Crippen LogP contribution in [-0.2, 0) is 0 Å². The molecule has 1 aromatic heterocycles. The van der Waals surface area contributed by atoms with E-state index >= 15 is 0 Å². The van der Waals surface area contributed by atoms with E-state index in [9.17, 15) is 4.79 Å². The van der Waals surface area contributed by atoms with Gasteiger partial charge in [-0.25, -0.2) is 4.68 Å². The number of nitrogens with zero attached hydrogens (tertiary/aromatic N) is 2. The summed E-state index contributed by atoms with van der Waals surface area (Å²) in [7, 11) is 0. The van der Waals surface area contributed by atoms with E-state index in [1.165, 1.54) is 6.07 Å². The molecule has 0 aliphatic heterocycles. The molecule has 64 valence electrons. The van der Waals surface area contributed by atoms with Crippen LogP contribution in [0.2, 0.25) is 0 Å². The number of nitrogens with two attached hydrogens (primary N) is 2. The van der Waals surface area contributed by atoms with E-state index in [1.54, 1.807) is 4.68 Å². The maximum absolute atomic E-state index is 10.7. The topological polar surface area (TPSA) is 86.9 Å².